The monoisotopic (exact) mass is 339 g/mol. The van der Waals surface area contributed by atoms with Crippen LogP contribution >= 0.6 is 0 Å². The second-order valence-electron chi connectivity index (χ2n) is 5.63. The van der Waals surface area contributed by atoms with Crippen LogP contribution in [-0.4, -0.2) is 36.5 Å². The molecule has 0 aliphatic carbocycles. The van der Waals surface area contributed by atoms with Crippen LogP contribution in [0.2, 0.25) is 0 Å². The van der Waals surface area contributed by atoms with E-state index < -0.39 is 5.97 Å². The van der Waals surface area contributed by atoms with Crippen LogP contribution in [0, 0.1) is 6.92 Å². The summed E-state index contributed by atoms with van der Waals surface area (Å²) in [5.74, 6) is -1.39. The number of hydrogen-bond acceptors (Lipinski definition) is 4. The summed E-state index contributed by atoms with van der Waals surface area (Å²) in [5, 5.41) is 19.5. The fourth-order valence-electron chi connectivity index (χ4n) is 2.39. The van der Waals surface area contributed by atoms with E-state index in [0.717, 1.165) is 5.56 Å². The molecule has 3 rings (SSSR count). The number of carboxylic acid groups (broad SMARTS) is 1. The zero-order chi connectivity index (χ0) is 17.8. The Kier molecular flexibility index (Phi) is 4.60. The fourth-order valence-corrected chi connectivity index (χ4v) is 2.39. The Morgan fingerprint density at radius 2 is 1.88 bits per heavy atom. The highest BCUT2D eigenvalue weighted by molar-refractivity contribution is 6.03. The number of carboxylic acids is 1. The third kappa shape index (κ3) is 4.11. The van der Waals surface area contributed by atoms with Gasteiger partial charge in [0.2, 0.25) is 0 Å². The van der Waals surface area contributed by atoms with E-state index in [1.54, 1.807) is 17.1 Å². The number of carbonyl (C=O) groups excluding carboxylic acids is 1. The Hall–Kier alpha value is -3.42. The van der Waals surface area contributed by atoms with Crippen LogP contribution in [0.15, 0.2) is 49.1 Å². The molecule has 1 aromatic carbocycles. The molecule has 0 saturated heterocycles. The lowest BCUT2D eigenvalue weighted by Crippen LogP contribution is -2.11. The van der Waals surface area contributed by atoms with E-state index >= 15 is 0 Å². The van der Waals surface area contributed by atoms with Crippen LogP contribution in [0.5, 0.6) is 0 Å². The van der Waals surface area contributed by atoms with Crippen molar-refractivity contribution in [3.05, 3.63) is 65.7 Å². The quantitative estimate of drug-likeness (QED) is 0.712. The lowest BCUT2D eigenvalue weighted by atomic mass is 10.1. The number of aryl methyl sites for hydroxylation is 1. The maximum atomic E-state index is 12.2. The molecule has 128 valence electrons. The van der Waals surface area contributed by atoms with Gasteiger partial charge in [-0.25, -0.2) is 0 Å². The molecule has 2 heterocycles. The zero-order valence-electron chi connectivity index (χ0n) is 13.6. The number of rotatable bonds is 6. The summed E-state index contributed by atoms with van der Waals surface area (Å²) in [6.07, 6.45) is 6.03. The third-order valence-electron chi connectivity index (χ3n) is 3.68. The second kappa shape index (κ2) is 7.00. The Morgan fingerprint density at radius 1 is 1.12 bits per heavy atom. The average molecular weight is 339 g/mol. The summed E-state index contributed by atoms with van der Waals surface area (Å²) in [7, 11) is 0. The van der Waals surface area contributed by atoms with E-state index in [2.05, 4.69) is 15.5 Å². The number of amides is 1. The van der Waals surface area contributed by atoms with Gasteiger partial charge in [-0.3, -0.25) is 19.0 Å². The summed E-state index contributed by atoms with van der Waals surface area (Å²) in [5.41, 5.74) is 3.17. The van der Waals surface area contributed by atoms with Crippen molar-refractivity contribution in [3.63, 3.8) is 0 Å². The molecule has 0 saturated carbocycles. The molecule has 0 aliphatic rings. The van der Waals surface area contributed by atoms with E-state index in [9.17, 15) is 9.59 Å². The molecule has 25 heavy (non-hydrogen) atoms. The number of anilines is 1. The van der Waals surface area contributed by atoms with Crippen molar-refractivity contribution in [2.75, 3.05) is 5.32 Å². The van der Waals surface area contributed by atoms with Gasteiger partial charge < -0.3 is 10.4 Å². The number of nitrogens with zero attached hydrogens (tertiary/aromatic N) is 4. The molecule has 0 fully saturated rings. The maximum Gasteiger partial charge on any atom is 0.325 e. The van der Waals surface area contributed by atoms with Crippen molar-refractivity contribution >= 4 is 17.6 Å². The Morgan fingerprint density at radius 3 is 2.64 bits per heavy atom. The minimum Gasteiger partial charge on any atom is -0.480 e. The minimum absolute atomic E-state index is 0.285. The highest BCUT2D eigenvalue weighted by Crippen LogP contribution is 2.12. The molecule has 0 aliphatic heterocycles. The van der Waals surface area contributed by atoms with Gasteiger partial charge in [0.05, 0.1) is 30.2 Å². The second-order valence-corrected chi connectivity index (χ2v) is 5.63. The first kappa shape index (κ1) is 16.4. The predicted octanol–water partition coefficient (Wildman–Crippen LogP) is 1.77. The van der Waals surface area contributed by atoms with E-state index in [1.165, 1.54) is 22.6 Å². The summed E-state index contributed by atoms with van der Waals surface area (Å²) in [4.78, 5) is 22.8. The van der Waals surface area contributed by atoms with Gasteiger partial charge in [0.15, 0.2) is 0 Å². The third-order valence-corrected chi connectivity index (χ3v) is 3.68. The molecule has 0 atom stereocenters. The number of benzene rings is 1. The first-order valence-electron chi connectivity index (χ1n) is 7.64. The summed E-state index contributed by atoms with van der Waals surface area (Å²) >= 11 is 0. The molecule has 0 bridgehead atoms. The number of carbonyl (C=O) groups is 2. The normalized spacial score (nSPS) is 10.6. The van der Waals surface area contributed by atoms with Gasteiger partial charge in [-0.1, -0.05) is 24.3 Å². The molecule has 2 aromatic heterocycles. The van der Waals surface area contributed by atoms with Crippen LogP contribution in [0.3, 0.4) is 0 Å². The SMILES string of the molecule is Cc1ccccc1Cn1cc(NC(=O)c2cnn(CC(=O)O)c2)cn1. The van der Waals surface area contributed by atoms with E-state index in [1.807, 2.05) is 31.2 Å². The maximum absolute atomic E-state index is 12.2. The van der Waals surface area contributed by atoms with Crippen LogP contribution in [-0.2, 0) is 17.9 Å². The summed E-state index contributed by atoms with van der Waals surface area (Å²) in [6.45, 7) is 2.36. The Bertz CT molecular complexity index is 912. The van der Waals surface area contributed by atoms with Crippen LogP contribution in [0.25, 0.3) is 0 Å². The van der Waals surface area contributed by atoms with E-state index in [4.69, 9.17) is 5.11 Å². The van der Waals surface area contributed by atoms with Crippen molar-refractivity contribution in [3.8, 4) is 0 Å². The highest BCUT2D eigenvalue weighted by Gasteiger charge is 2.11. The summed E-state index contributed by atoms with van der Waals surface area (Å²) in [6, 6.07) is 8.03. The number of aliphatic carboxylic acids is 1. The standard InChI is InChI=1S/C17H17N5O3/c1-12-4-2-3-5-13(12)8-21-10-15(7-19-21)20-17(25)14-6-18-22(9-14)11-16(23)24/h2-7,9-10H,8,11H2,1H3,(H,20,25)(H,23,24). The number of aromatic nitrogens is 4. The lowest BCUT2D eigenvalue weighted by molar-refractivity contribution is -0.137. The Labute approximate surface area is 143 Å². The molecule has 3 aromatic rings. The van der Waals surface area contributed by atoms with Gasteiger partial charge in [-0.15, -0.1) is 0 Å². The smallest absolute Gasteiger partial charge is 0.325 e. The van der Waals surface area contributed by atoms with Gasteiger partial charge in [0.1, 0.15) is 6.54 Å². The van der Waals surface area contributed by atoms with E-state index in [0.29, 0.717) is 12.2 Å². The average Bonchev–Trinajstić information content (AvgIpc) is 3.19. The first-order chi connectivity index (χ1) is 12.0. The van der Waals surface area contributed by atoms with E-state index in [-0.39, 0.29) is 18.0 Å². The zero-order valence-corrected chi connectivity index (χ0v) is 13.6. The van der Waals surface area contributed by atoms with Crippen LogP contribution in [0.4, 0.5) is 5.69 Å². The van der Waals surface area contributed by atoms with Crippen molar-refractivity contribution < 1.29 is 14.7 Å². The topological polar surface area (TPSA) is 102 Å². The first-order valence-corrected chi connectivity index (χ1v) is 7.64. The highest BCUT2D eigenvalue weighted by atomic mass is 16.4. The molecule has 0 unspecified atom stereocenters. The minimum atomic E-state index is -1.02. The van der Waals surface area contributed by atoms with Crippen molar-refractivity contribution in [2.24, 2.45) is 0 Å². The molecule has 2 N–H and O–H groups in total. The van der Waals surface area contributed by atoms with Gasteiger partial charge in [-0.05, 0) is 18.1 Å². The number of hydrogen-bond donors (Lipinski definition) is 2. The van der Waals surface area contributed by atoms with Gasteiger partial charge in [-0.2, -0.15) is 10.2 Å². The van der Waals surface area contributed by atoms with Crippen molar-refractivity contribution in [1.82, 2.24) is 19.6 Å². The van der Waals surface area contributed by atoms with Gasteiger partial charge >= 0.3 is 5.97 Å². The largest absolute Gasteiger partial charge is 0.480 e. The van der Waals surface area contributed by atoms with Gasteiger partial charge in [0, 0.05) is 12.4 Å². The molecule has 8 heteroatoms. The Balaban J connectivity index is 1.65. The van der Waals surface area contributed by atoms with Crippen molar-refractivity contribution in [1.29, 1.82) is 0 Å². The molecular formula is C17H17N5O3. The summed E-state index contributed by atoms with van der Waals surface area (Å²) < 4.78 is 2.94. The fraction of sp³-hybridized carbons (Fsp3) is 0.176. The van der Waals surface area contributed by atoms with Crippen LogP contribution < -0.4 is 5.32 Å². The molecule has 1 amide bonds. The molecule has 0 spiro atoms. The van der Waals surface area contributed by atoms with Gasteiger partial charge in [0.25, 0.3) is 5.91 Å². The molecule has 0 radical (unpaired) electrons. The molecular weight excluding hydrogens is 322 g/mol. The van der Waals surface area contributed by atoms with Crippen LogP contribution in [0.1, 0.15) is 21.5 Å². The van der Waals surface area contributed by atoms with Crippen molar-refractivity contribution in [2.45, 2.75) is 20.0 Å². The number of nitrogens with one attached hydrogen (secondary N) is 1. The molecule has 8 nitrogen and oxygen atoms in total. The lowest BCUT2D eigenvalue weighted by Gasteiger charge is -2.05. The predicted molar refractivity (Wildman–Crippen MR) is 90.3 cm³/mol.